The quantitative estimate of drug-likeness (QED) is 0.879. The van der Waals surface area contributed by atoms with Crippen LogP contribution in [0.3, 0.4) is 0 Å². The predicted octanol–water partition coefficient (Wildman–Crippen LogP) is 2.22. The van der Waals surface area contributed by atoms with E-state index in [2.05, 4.69) is 10.1 Å². The number of aromatic carboxylic acids is 1. The lowest BCUT2D eigenvalue weighted by atomic mass is 10.1. The van der Waals surface area contributed by atoms with Crippen LogP contribution in [0.5, 0.6) is 0 Å². The highest BCUT2D eigenvalue weighted by molar-refractivity contribution is 5.86. The van der Waals surface area contributed by atoms with Crippen LogP contribution in [0.4, 0.5) is 0 Å². The van der Waals surface area contributed by atoms with Crippen molar-refractivity contribution in [3.63, 3.8) is 0 Å². The highest BCUT2D eigenvalue weighted by atomic mass is 16.4. The Hall–Kier alpha value is -2.17. The zero-order chi connectivity index (χ0) is 12.4. The zero-order valence-corrected chi connectivity index (χ0v) is 9.66. The molecule has 0 spiro atoms. The van der Waals surface area contributed by atoms with Gasteiger partial charge in [-0.05, 0) is 31.5 Å². The average molecular weight is 231 g/mol. The highest BCUT2D eigenvalue weighted by Gasteiger charge is 2.08. The topological polar surface area (TPSA) is 68.0 Å². The van der Waals surface area contributed by atoms with Gasteiger partial charge in [0, 0.05) is 24.0 Å². The molecule has 5 heteroatoms. The summed E-state index contributed by atoms with van der Waals surface area (Å²) in [5.74, 6) is -1.02. The van der Waals surface area contributed by atoms with Crippen LogP contribution in [-0.4, -0.2) is 25.8 Å². The Morgan fingerprint density at radius 2 is 2.18 bits per heavy atom. The van der Waals surface area contributed by atoms with Gasteiger partial charge in [-0.3, -0.25) is 4.68 Å². The molecule has 2 heterocycles. The van der Waals surface area contributed by atoms with E-state index in [1.165, 1.54) is 6.20 Å². The molecule has 0 aromatic carbocycles. The van der Waals surface area contributed by atoms with Crippen molar-refractivity contribution in [2.24, 2.45) is 0 Å². The maximum absolute atomic E-state index is 10.8. The molecule has 2 aromatic heterocycles. The van der Waals surface area contributed by atoms with Gasteiger partial charge in [-0.25, -0.2) is 9.78 Å². The van der Waals surface area contributed by atoms with Gasteiger partial charge in [-0.1, -0.05) is 0 Å². The Balaban J connectivity index is 2.38. The van der Waals surface area contributed by atoms with Crippen molar-refractivity contribution in [2.75, 3.05) is 0 Å². The summed E-state index contributed by atoms with van der Waals surface area (Å²) in [6.07, 6.45) is 5.11. The van der Waals surface area contributed by atoms with E-state index in [9.17, 15) is 4.79 Å². The molecule has 88 valence electrons. The predicted molar refractivity (Wildman–Crippen MR) is 62.8 cm³/mol. The molecule has 0 aliphatic heterocycles. The van der Waals surface area contributed by atoms with Crippen molar-refractivity contribution in [1.82, 2.24) is 14.8 Å². The van der Waals surface area contributed by atoms with Crippen LogP contribution in [0.25, 0.3) is 11.1 Å². The molecule has 0 amide bonds. The molecule has 0 aliphatic rings. The number of carboxylic acid groups (broad SMARTS) is 1. The summed E-state index contributed by atoms with van der Waals surface area (Å²) in [6.45, 7) is 4.07. The standard InChI is InChI=1S/C12H13N3O2/c1-8(2)15-7-10(6-14-15)9-3-4-13-11(5-9)12(16)17/h3-8H,1-2H3,(H,16,17). The van der Waals surface area contributed by atoms with Crippen LogP contribution in [-0.2, 0) is 0 Å². The van der Waals surface area contributed by atoms with E-state index < -0.39 is 5.97 Å². The van der Waals surface area contributed by atoms with Crippen molar-refractivity contribution < 1.29 is 9.90 Å². The third kappa shape index (κ3) is 2.33. The summed E-state index contributed by atoms with van der Waals surface area (Å²) < 4.78 is 1.83. The van der Waals surface area contributed by atoms with E-state index in [1.807, 2.05) is 24.7 Å². The van der Waals surface area contributed by atoms with Crippen LogP contribution in [0.1, 0.15) is 30.4 Å². The number of carboxylic acids is 1. The van der Waals surface area contributed by atoms with Gasteiger partial charge >= 0.3 is 5.97 Å². The number of aromatic nitrogens is 3. The van der Waals surface area contributed by atoms with Gasteiger partial charge in [0.25, 0.3) is 0 Å². The lowest BCUT2D eigenvalue weighted by Crippen LogP contribution is -2.00. The van der Waals surface area contributed by atoms with Crippen molar-refractivity contribution in [1.29, 1.82) is 0 Å². The van der Waals surface area contributed by atoms with E-state index in [-0.39, 0.29) is 11.7 Å². The highest BCUT2D eigenvalue weighted by Crippen LogP contribution is 2.20. The summed E-state index contributed by atoms with van der Waals surface area (Å²) in [5, 5.41) is 13.1. The molecular weight excluding hydrogens is 218 g/mol. The Morgan fingerprint density at radius 1 is 1.41 bits per heavy atom. The molecule has 0 bridgehead atoms. The van der Waals surface area contributed by atoms with Crippen LogP contribution in [0, 0.1) is 0 Å². The summed E-state index contributed by atoms with van der Waals surface area (Å²) in [7, 11) is 0. The number of hydrogen-bond donors (Lipinski definition) is 1. The fourth-order valence-electron chi connectivity index (χ4n) is 1.50. The summed E-state index contributed by atoms with van der Waals surface area (Å²) in [6, 6.07) is 3.60. The van der Waals surface area contributed by atoms with Crippen molar-refractivity contribution in [2.45, 2.75) is 19.9 Å². The van der Waals surface area contributed by atoms with E-state index >= 15 is 0 Å². The molecule has 5 nitrogen and oxygen atoms in total. The van der Waals surface area contributed by atoms with Crippen molar-refractivity contribution >= 4 is 5.97 Å². The number of rotatable bonds is 3. The van der Waals surface area contributed by atoms with Gasteiger partial charge in [0.05, 0.1) is 6.20 Å². The molecule has 0 aliphatic carbocycles. The molecule has 0 radical (unpaired) electrons. The minimum Gasteiger partial charge on any atom is -0.477 e. The van der Waals surface area contributed by atoms with E-state index in [0.29, 0.717) is 0 Å². The van der Waals surface area contributed by atoms with Gasteiger partial charge in [0.1, 0.15) is 5.69 Å². The zero-order valence-electron chi connectivity index (χ0n) is 9.66. The second-order valence-electron chi connectivity index (χ2n) is 4.04. The third-order valence-electron chi connectivity index (χ3n) is 2.44. The van der Waals surface area contributed by atoms with Gasteiger partial charge in [-0.15, -0.1) is 0 Å². The molecule has 17 heavy (non-hydrogen) atoms. The number of pyridine rings is 1. The van der Waals surface area contributed by atoms with Crippen molar-refractivity contribution in [3.8, 4) is 11.1 Å². The molecular formula is C12H13N3O2. The lowest BCUT2D eigenvalue weighted by molar-refractivity contribution is 0.0690. The van der Waals surface area contributed by atoms with Gasteiger partial charge in [0.2, 0.25) is 0 Å². The Morgan fingerprint density at radius 3 is 2.76 bits per heavy atom. The Labute approximate surface area is 98.7 Å². The molecule has 0 fully saturated rings. The first-order chi connectivity index (χ1) is 8.08. The minimum atomic E-state index is -1.02. The molecule has 0 unspecified atom stereocenters. The largest absolute Gasteiger partial charge is 0.477 e. The van der Waals surface area contributed by atoms with Crippen LogP contribution >= 0.6 is 0 Å². The molecule has 2 rings (SSSR count). The van der Waals surface area contributed by atoms with Crippen molar-refractivity contribution in [3.05, 3.63) is 36.4 Å². The average Bonchev–Trinajstić information content (AvgIpc) is 2.78. The first kappa shape index (κ1) is 11.3. The van der Waals surface area contributed by atoms with Gasteiger partial charge < -0.3 is 5.11 Å². The molecule has 0 atom stereocenters. The van der Waals surface area contributed by atoms with Crippen LogP contribution < -0.4 is 0 Å². The second kappa shape index (κ2) is 4.37. The van der Waals surface area contributed by atoms with Gasteiger partial charge in [-0.2, -0.15) is 5.10 Å². The summed E-state index contributed by atoms with van der Waals surface area (Å²) >= 11 is 0. The number of carbonyl (C=O) groups is 1. The third-order valence-corrected chi connectivity index (χ3v) is 2.44. The summed E-state index contributed by atoms with van der Waals surface area (Å²) in [4.78, 5) is 14.6. The SMILES string of the molecule is CC(C)n1cc(-c2ccnc(C(=O)O)c2)cn1. The maximum Gasteiger partial charge on any atom is 0.354 e. The van der Waals surface area contributed by atoms with Crippen LogP contribution in [0.15, 0.2) is 30.7 Å². The van der Waals surface area contributed by atoms with E-state index in [1.54, 1.807) is 18.3 Å². The Bertz CT molecular complexity index is 546. The minimum absolute atomic E-state index is 0.0415. The normalized spacial score (nSPS) is 10.8. The smallest absolute Gasteiger partial charge is 0.354 e. The number of hydrogen-bond acceptors (Lipinski definition) is 3. The Kier molecular flexibility index (Phi) is 2.91. The van der Waals surface area contributed by atoms with E-state index in [0.717, 1.165) is 11.1 Å². The maximum atomic E-state index is 10.8. The van der Waals surface area contributed by atoms with E-state index in [4.69, 9.17) is 5.11 Å². The molecule has 1 N–H and O–H groups in total. The first-order valence-electron chi connectivity index (χ1n) is 5.32. The molecule has 0 saturated heterocycles. The lowest BCUT2D eigenvalue weighted by Gasteiger charge is -2.03. The van der Waals surface area contributed by atoms with Crippen LogP contribution in [0.2, 0.25) is 0 Å². The monoisotopic (exact) mass is 231 g/mol. The second-order valence-corrected chi connectivity index (χ2v) is 4.04. The fourth-order valence-corrected chi connectivity index (χ4v) is 1.50. The number of nitrogens with zero attached hydrogens (tertiary/aromatic N) is 3. The summed E-state index contributed by atoms with van der Waals surface area (Å²) in [5.41, 5.74) is 1.74. The fraction of sp³-hybridized carbons (Fsp3) is 0.250. The molecule has 2 aromatic rings. The molecule has 0 saturated carbocycles. The first-order valence-corrected chi connectivity index (χ1v) is 5.32. The van der Waals surface area contributed by atoms with Gasteiger partial charge in [0.15, 0.2) is 0 Å².